The van der Waals surface area contributed by atoms with Crippen LogP contribution in [-0.4, -0.2) is 68.4 Å². The van der Waals surface area contributed by atoms with Crippen molar-refractivity contribution in [2.45, 2.75) is 25.8 Å². The Kier molecular flexibility index (Phi) is 3.92. The number of anilines is 1. The first-order valence-corrected chi connectivity index (χ1v) is 9.21. The molecule has 0 saturated carbocycles. The molecule has 2 aliphatic heterocycles. The van der Waals surface area contributed by atoms with Crippen LogP contribution in [0, 0.1) is 6.92 Å². The zero-order chi connectivity index (χ0) is 14.9. The molecule has 6 nitrogen and oxygen atoms in total. The maximum atomic E-state index is 4.43. The van der Waals surface area contributed by atoms with Crippen LogP contribution in [-0.2, 0) is 0 Å². The van der Waals surface area contributed by atoms with Crippen LogP contribution in [0.3, 0.4) is 0 Å². The number of hydrogen-bond donors (Lipinski definition) is 0. The molecule has 22 heavy (non-hydrogen) atoms. The minimum Gasteiger partial charge on any atom is -0.368 e. The second-order valence-electron chi connectivity index (χ2n) is 6.14. The molecule has 0 aromatic carbocycles. The average Bonchev–Trinajstić information content (AvgIpc) is 3.03. The Balaban J connectivity index is 1.49. The van der Waals surface area contributed by atoms with Gasteiger partial charge in [0, 0.05) is 43.7 Å². The van der Waals surface area contributed by atoms with E-state index < -0.39 is 0 Å². The van der Waals surface area contributed by atoms with Crippen molar-refractivity contribution in [3.05, 3.63) is 18.1 Å². The van der Waals surface area contributed by atoms with Crippen LogP contribution in [0.4, 0.5) is 5.69 Å². The number of hydrogen-bond acceptors (Lipinski definition) is 6. The van der Waals surface area contributed by atoms with Gasteiger partial charge >= 0.3 is 0 Å². The molecule has 7 heteroatoms. The first kappa shape index (κ1) is 14.3. The highest BCUT2D eigenvalue weighted by molar-refractivity contribution is 7.99. The van der Waals surface area contributed by atoms with Crippen LogP contribution in [0.2, 0.25) is 0 Å². The Labute approximate surface area is 134 Å². The fraction of sp³-hybridized carbons (Fsp3) is 0.667. The number of thioether (sulfide) groups is 1. The van der Waals surface area contributed by atoms with Crippen molar-refractivity contribution in [2.24, 2.45) is 0 Å². The summed E-state index contributed by atoms with van der Waals surface area (Å²) < 4.78 is 1.79. The van der Waals surface area contributed by atoms with E-state index in [4.69, 9.17) is 0 Å². The number of fused-ring (bicyclic) bond motifs is 1. The van der Waals surface area contributed by atoms with Crippen molar-refractivity contribution < 1.29 is 0 Å². The fourth-order valence-corrected chi connectivity index (χ4v) is 4.51. The van der Waals surface area contributed by atoms with Gasteiger partial charge in [0.1, 0.15) is 6.33 Å². The molecule has 0 N–H and O–H groups in total. The normalized spacial score (nSPS) is 21.6. The van der Waals surface area contributed by atoms with Crippen LogP contribution < -0.4 is 4.90 Å². The summed E-state index contributed by atoms with van der Waals surface area (Å²) in [7, 11) is 0. The summed E-state index contributed by atoms with van der Waals surface area (Å²) in [6.45, 7) is 6.75. The Morgan fingerprint density at radius 2 is 1.91 bits per heavy atom. The van der Waals surface area contributed by atoms with Gasteiger partial charge in [-0.15, -0.1) is 10.2 Å². The molecule has 0 radical (unpaired) electrons. The molecular weight excluding hydrogens is 296 g/mol. The second kappa shape index (κ2) is 6.04. The van der Waals surface area contributed by atoms with E-state index in [1.54, 1.807) is 10.8 Å². The molecule has 0 atom stereocenters. The maximum Gasteiger partial charge on any atom is 0.200 e. The van der Waals surface area contributed by atoms with E-state index in [1.807, 2.05) is 6.92 Å². The number of aromatic nitrogens is 4. The minimum atomic E-state index is 0.758. The molecule has 0 bridgehead atoms. The van der Waals surface area contributed by atoms with Crippen molar-refractivity contribution in [1.29, 1.82) is 0 Å². The molecule has 0 spiro atoms. The molecule has 4 rings (SSSR count). The van der Waals surface area contributed by atoms with Crippen molar-refractivity contribution >= 4 is 23.1 Å². The third kappa shape index (κ3) is 2.67. The van der Waals surface area contributed by atoms with Gasteiger partial charge in [-0.1, -0.05) is 0 Å². The largest absolute Gasteiger partial charge is 0.368 e. The summed E-state index contributed by atoms with van der Waals surface area (Å²) in [6.07, 6.45) is 4.17. The summed E-state index contributed by atoms with van der Waals surface area (Å²) in [5.74, 6) is 2.59. The van der Waals surface area contributed by atoms with E-state index in [-0.39, 0.29) is 0 Å². The lowest BCUT2D eigenvalue weighted by molar-refractivity contribution is 0.186. The van der Waals surface area contributed by atoms with Gasteiger partial charge in [0.15, 0.2) is 0 Å². The van der Waals surface area contributed by atoms with Crippen LogP contribution in [0.25, 0.3) is 5.65 Å². The standard InChI is InChI=1S/C15H22N6S/c1-12-10-14(15-17-16-11-21(15)18-12)20-4-2-13(3-5-20)19-6-8-22-9-7-19/h10-11,13H,2-9H2,1H3. The molecule has 4 heterocycles. The van der Waals surface area contributed by atoms with E-state index in [0.29, 0.717) is 0 Å². The van der Waals surface area contributed by atoms with Gasteiger partial charge < -0.3 is 4.90 Å². The Bertz CT molecular complexity index is 643. The van der Waals surface area contributed by atoms with E-state index in [9.17, 15) is 0 Å². The molecule has 2 saturated heterocycles. The predicted molar refractivity (Wildman–Crippen MR) is 89.7 cm³/mol. The molecule has 2 aliphatic rings. The van der Waals surface area contributed by atoms with Crippen molar-refractivity contribution in [3.63, 3.8) is 0 Å². The van der Waals surface area contributed by atoms with Crippen molar-refractivity contribution in [2.75, 3.05) is 42.6 Å². The van der Waals surface area contributed by atoms with Crippen molar-refractivity contribution in [3.8, 4) is 0 Å². The predicted octanol–water partition coefficient (Wildman–Crippen LogP) is 1.45. The van der Waals surface area contributed by atoms with Crippen molar-refractivity contribution in [1.82, 2.24) is 24.7 Å². The summed E-state index contributed by atoms with van der Waals surface area (Å²) >= 11 is 2.09. The second-order valence-corrected chi connectivity index (χ2v) is 7.36. The zero-order valence-corrected chi connectivity index (χ0v) is 13.8. The van der Waals surface area contributed by atoms with Crippen LogP contribution in [0.5, 0.6) is 0 Å². The highest BCUT2D eigenvalue weighted by atomic mass is 32.2. The molecule has 118 valence electrons. The topological polar surface area (TPSA) is 49.6 Å². The van der Waals surface area contributed by atoms with E-state index >= 15 is 0 Å². The van der Waals surface area contributed by atoms with Gasteiger partial charge in [-0.3, -0.25) is 4.90 Å². The monoisotopic (exact) mass is 318 g/mol. The summed E-state index contributed by atoms with van der Waals surface area (Å²) in [5, 5.41) is 12.7. The fourth-order valence-electron chi connectivity index (χ4n) is 3.58. The van der Waals surface area contributed by atoms with Crippen LogP contribution in [0.1, 0.15) is 18.5 Å². The third-order valence-corrected chi connectivity index (χ3v) is 5.68. The number of rotatable bonds is 2. The SMILES string of the molecule is Cc1cc(N2CCC(N3CCSCC3)CC2)c2nncn2n1. The first-order chi connectivity index (χ1) is 10.8. The van der Waals surface area contributed by atoms with Gasteiger partial charge in [-0.2, -0.15) is 21.4 Å². The molecule has 2 aromatic rings. The zero-order valence-electron chi connectivity index (χ0n) is 13.0. The molecule has 2 fully saturated rings. The summed E-state index contributed by atoms with van der Waals surface area (Å²) in [4.78, 5) is 5.15. The maximum absolute atomic E-state index is 4.43. The highest BCUT2D eigenvalue weighted by Gasteiger charge is 2.27. The number of aryl methyl sites for hydroxylation is 1. The molecule has 0 unspecified atom stereocenters. The molecule has 2 aromatic heterocycles. The third-order valence-electron chi connectivity index (χ3n) is 4.74. The quantitative estimate of drug-likeness (QED) is 0.835. The molecule has 0 aliphatic carbocycles. The Morgan fingerprint density at radius 3 is 2.68 bits per heavy atom. The smallest absolute Gasteiger partial charge is 0.200 e. The van der Waals surface area contributed by atoms with E-state index in [2.05, 4.69) is 42.9 Å². The lowest BCUT2D eigenvalue weighted by Gasteiger charge is -2.40. The van der Waals surface area contributed by atoms with Gasteiger partial charge in [-0.25, -0.2) is 0 Å². The van der Waals surface area contributed by atoms with E-state index in [1.165, 1.54) is 43.1 Å². The van der Waals surface area contributed by atoms with Crippen LogP contribution >= 0.6 is 11.8 Å². The minimum absolute atomic E-state index is 0.758. The lowest BCUT2D eigenvalue weighted by Crippen LogP contribution is -2.47. The first-order valence-electron chi connectivity index (χ1n) is 8.06. The number of nitrogens with zero attached hydrogens (tertiary/aromatic N) is 6. The van der Waals surface area contributed by atoms with Gasteiger partial charge in [0.25, 0.3) is 0 Å². The van der Waals surface area contributed by atoms with Gasteiger partial charge in [0.2, 0.25) is 5.65 Å². The molecule has 0 amide bonds. The highest BCUT2D eigenvalue weighted by Crippen LogP contribution is 2.26. The van der Waals surface area contributed by atoms with Crippen LogP contribution in [0.15, 0.2) is 12.4 Å². The lowest BCUT2D eigenvalue weighted by atomic mass is 10.0. The Hall–Kier alpha value is -1.34. The summed E-state index contributed by atoms with van der Waals surface area (Å²) in [6, 6.07) is 2.90. The van der Waals surface area contributed by atoms with Gasteiger partial charge in [-0.05, 0) is 25.8 Å². The molecular formula is C15H22N6S. The summed E-state index contributed by atoms with van der Waals surface area (Å²) in [5.41, 5.74) is 3.06. The number of piperidine rings is 1. The average molecular weight is 318 g/mol. The van der Waals surface area contributed by atoms with Gasteiger partial charge in [0.05, 0.1) is 11.4 Å². The van der Waals surface area contributed by atoms with E-state index in [0.717, 1.165) is 30.5 Å². The Morgan fingerprint density at radius 1 is 1.14 bits per heavy atom.